The summed E-state index contributed by atoms with van der Waals surface area (Å²) in [6.07, 6.45) is 0. The molecule has 0 aliphatic rings. The van der Waals surface area contributed by atoms with Gasteiger partial charge in [0, 0.05) is 0 Å². The van der Waals surface area contributed by atoms with Crippen LogP contribution in [0.15, 0.2) is 36.4 Å². The molecule has 0 aromatic heterocycles. The van der Waals surface area contributed by atoms with E-state index in [4.69, 9.17) is 0 Å². The quantitative estimate of drug-likeness (QED) is 0.840. The van der Waals surface area contributed by atoms with Crippen LogP contribution >= 0.6 is 0 Å². The van der Waals surface area contributed by atoms with Gasteiger partial charge < -0.3 is 10.2 Å². The number of carbonyl (C=O) groups is 2. The molecule has 102 valence electrons. The molecule has 0 amide bonds. The Labute approximate surface area is 116 Å². The number of aromatic hydroxyl groups is 2. The third kappa shape index (κ3) is 2.54. The number of carbonyl (C=O) groups excluding carboxylic acids is 2. The molecule has 4 nitrogen and oxygen atoms in total. The molecule has 2 N–H and O–H groups in total. The lowest BCUT2D eigenvalue weighted by Crippen LogP contribution is -1.94. The van der Waals surface area contributed by atoms with E-state index in [-0.39, 0.29) is 34.2 Å². The van der Waals surface area contributed by atoms with Crippen LogP contribution in [0, 0.1) is 0 Å². The molecule has 0 saturated carbocycles. The molecule has 0 bridgehead atoms. The first kappa shape index (κ1) is 13.8. The van der Waals surface area contributed by atoms with Crippen LogP contribution in [-0.2, 0) is 0 Å². The minimum absolute atomic E-state index is 0.106. The average Bonchev–Trinajstić information content (AvgIpc) is 2.37. The first-order valence-corrected chi connectivity index (χ1v) is 6.08. The summed E-state index contributed by atoms with van der Waals surface area (Å²) in [7, 11) is 0. The van der Waals surface area contributed by atoms with Gasteiger partial charge in [0.2, 0.25) is 0 Å². The smallest absolute Gasteiger partial charge is 0.163 e. The van der Waals surface area contributed by atoms with Gasteiger partial charge in [-0.2, -0.15) is 0 Å². The van der Waals surface area contributed by atoms with E-state index in [0.717, 1.165) is 0 Å². The molecule has 0 heterocycles. The molecular weight excluding hydrogens is 256 g/mol. The monoisotopic (exact) mass is 270 g/mol. The maximum atomic E-state index is 11.3. The Morgan fingerprint density at radius 1 is 0.750 bits per heavy atom. The highest BCUT2D eigenvalue weighted by atomic mass is 16.3. The van der Waals surface area contributed by atoms with Gasteiger partial charge in [0.15, 0.2) is 11.6 Å². The van der Waals surface area contributed by atoms with E-state index < -0.39 is 0 Å². The molecule has 0 aliphatic heterocycles. The number of hydrogen-bond donors (Lipinski definition) is 2. The summed E-state index contributed by atoms with van der Waals surface area (Å²) >= 11 is 0. The van der Waals surface area contributed by atoms with E-state index in [1.807, 2.05) is 0 Å². The topological polar surface area (TPSA) is 74.6 Å². The van der Waals surface area contributed by atoms with Crippen LogP contribution in [0.5, 0.6) is 11.5 Å². The summed E-state index contributed by atoms with van der Waals surface area (Å²) in [5.41, 5.74) is 1.80. The number of benzene rings is 2. The van der Waals surface area contributed by atoms with E-state index in [0.29, 0.717) is 11.1 Å². The zero-order chi connectivity index (χ0) is 14.9. The summed E-state index contributed by atoms with van der Waals surface area (Å²) in [6, 6.07) is 9.33. The summed E-state index contributed by atoms with van der Waals surface area (Å²) in [5.74, 6) is -0.650. The van der Waals surface area contributed by atoms with Gasteiger partial charge in [0.05, 0.1) is 11.1 Å². The van der Waals surface area contributed by atoms with Gasteiger partial charge in [-0.25, -0.2) is 0 Å². The lowest BCUT2D eigenvalue weighted by Gasteiger charge is -2.07. The van der Waals surface area contributed by atoms with Crippen molar-refractivity contribution in [1.29, 1.82) is 0 Å². The third-order valence-corrected chi connectivity index (χ3v) is 3.09. The van der Waals surface area contributed by atoms with Gasteiger partial charge in [-0.1, -0.05) is 12.1 Å². The van der Waals surface area contributed by atoms with Gasteiger partial charge in [0.25, 0.3) is 0 Å². The number of phenols is 2. The molecule has 0 aliphatic carbocycles. The largest absolute Gasteiger partial charge is 0.507 e. The Hall–Kier alpha value is -2.62. The van der Waals surface area contributed by atoms with Crippen molar-refractivity contribution in [2.75, 3.05) is 0 Å². The first-order chi connectivity index (χ1) is 9.40. The molecule has 20 heavy (non-hydrogen) atoms. The van der Waals surface area contributed by atoms with Crippen LogP contribution in [0.1, 0.15) is 34.6 Å². The number of phenolic OH excluding ortho intramolecular Hbond substituents is 2. The second-order valence-electron chi connectivity index (χ2n) is 4.58. The molecule has 0 saturated heterocycles. The number of hydrogen-bond acceptors (Lipinski definition) is 4. The minimum atomic E-state index is -0.219. The van der Waals surface area contributed by atoms with Gasteiger partial charge in [-0.15, -0.1) is 0 Å². The van der Waals surface area contributed by atoms with Crippen LogP contribution in [0.2, 0.25) is 0 Å². The Balaban J connectivity index is 2.47. The maximum absolute atomic E-state index is 11.3. The predicted molar refractivity (Wildman–Crippen MR) is 75.2 cm³/mol. The normalized spacial score (nSPS) is 10.3. The summed E-state index contributed by atoms with van der Waals surface area (Å²) in [4.78, 5) is 22.5. The van der Waals surface area contributed by atoms with Crippen LogP contribution in [0.25, 0.3) is 11.1 Å². The van der Waals surface area contributed by atoms with Crippen molar-refractivity contribution < 1.29 is 19.8 Å². The summed E-state index contributed by atoms with van der Waals surface area (Å²) < 4.78 is 0. The molecule has 2 aromatic rings. The van der Waals surface area contributed by atoms with Gasteiger partial charge >= 0.3 is 0 Å². The molecule has 2 aromatic carbocycles. The Morgan fingerprint density at radius 2 is 1.10 bits per heavy atom. The zero-order valence-electron chi connectivity index (χ0n) is 11.2. The Morgan fingerprint density at radius 3 is 1.35 bits per heavy atom. The lowest BCUT2D eigenvalue weighted by atomic mass is 9.99. The van der Waals surface area contributed by atoms with Crippen molar-refractivity contribution >= 4 is 11.6 Å². The SMILES string of the molecule is CC(=O)c1ccc(-c2ccc(C(C)=O)c(O)c2)cc1O. The number of rotatable bonds is 3. The number of ketones is 2. The van der Waals surface area contributed by atoms with Crippen LogP contribution in [0.3, 0.4) is 0 Å². The molecule has 0 fully saturated rings. The van der Waals surface area contributed by atoms with Crippen molar-refractivity contribution in [2.45, 2.75) is 13.8 Å². The molecular formula is C16H14O4. The second kappa shape index (κ2) is 5.17. The standard InChI is InChI=1S/C16H14O4/c1-9(17)13-5-3-11(7-15(13)19)12-4-6-14(10(2)18)16(20)8-12/h3-8,19-20H,1-2H3. The number of Topliss-reactive ketones (excluding diaryl/α,β-unsaturated/α-hetero) is 2. The highest BCUT2D eigenvalue weighted by Gasteiger charge is 2.11. The van der Waals surface area contributed by atoms with Gasteiger partial charge in [0.1, 0.15) is 11.5 Å². The molecule has 0 atom stereocenters. The Kier molecular flexibility index (Phi) is 3.57. The van der Waals surface area contributed by atoms with Crippen molar-refractivity contribution in [2.24, 2.45) is 0 Å². The minimum Gasteiger partial charge on any atom is -0.507 e. The maximum Gasteiger partial charge on any atom is 0.163 e. The fourth-order valence-electron chi connectivity index (χ4n) is 2.02. The van der Waals surface area contributed by atoms with Crippen LogP contribution in [0.4, 0.5) is 0 Å². The van der Waals surface area contributed by atoms with Crippen molar-refractivity contribution in [3.8, 4) is 22.6 Å². The highest BCUT2D eigenvalue weighted by Crippen LogP contribution is 2.30. The van der Waals surface area contributed by atoms with Crippen LogP contribution in [-0.4, -0.2) is 21.8 Å². The predicted octanol–water partition coefficient (Wildman–Crippen LogP) is 3.17. The summed E-state index contributed by atoms with van der Waals surface area (Å²) in [6.45, 7) is 2.75. The summed E-state index contributed by atoms with van der Waals surface area (Å²) in [5, 5.41) is 19.6. The van der Waals surface area contributed by atoms with Crippen molar-refractivity contribution in [1.82, 2.24) is 0 Å². The van der Waals surface area contributed by atoms with Crippen molar-refractivity contribution in [3.63, 3.8) is 0 Å². The van der Waals surface area contributed by atoms with Crippen molar-refractivity contribution in [3.05, 3.63) is 47.5 Å². The fraction of sp³-hybridized carbons (Fsp3) is 0.125. The average molecular weight is 270 g/mol. The van der Waals surface area contributed by atoms with E-state index >= 15 is 0 Å². The first-order valence-electron chi connectivity index (χ1n) is 6.08. The van der Waals surface area contributed by atoms with E-state index in [9.17, 15) is 19.8 Å². The fourth-order valence-corrected chi connectivity index (χ4v) is 2.02. The molecule has 0 unspecified atom stereocenters. The molecule has 2 rings (SSSR count). The molecule has 0 spiro atoms. The van der Waals surface area contributed by atoms with E-state index in [1.54, 1.807) is 12.1 Å². The molecule has 4 heteroatoms. The highest BCUT2D eigenvalue weighted by molar-refractivity contribution is 5.98. The molecule has 0 radical (unpaired) electrons. The third-order valence-electron chi connectivity index (χ3n) is 3.09. The van der Waals surface area contributed by atoms with E-state index in [2.05, 4.69) is 0 Å². The van der Waals surface area contributed by atoms with E-state index in [1.165, 1.54) is 38.1 Å². The van der Waals surface area contributed by atoms with Gasteiger partial charge in [-0.05, 0) is 49.2 Å². The Bertz CT molecular complexity index is 640. The van der Waals surface area contributed by atoms with Crippen LogP contribution < -0.4 is 0 Å². The van der Waals surface area contributed by atoms with Gasteiger partial charge in [-0.3, -0.25) is 9.59 Å². The lowest BCUT2D eigenvalue weighted by molar-refractivity contribution is 0.100. The zero-order valence-corrected chi connectivity index (χ0v) is 11.2. The second-order valence-corrected chi connectivity index (χ2v) is 4.58.